The van der Waals surface area contributed by atoms with E-state index < -0.39 is 55.8 Å². The van der Waals surface area contributed by atoms with E-state index in [4.69, 9.17) is 14.6 Å². The van der Waals surface area contributed by atoms with Gasteiger partial charge in [0.15, 0.2) is 11.6 Å². The fraction of sp³-hybridized carbons (Fsp3) is 0.233. The van der Waals surface area contributed by atoms with Crippen LogP contribution in [0.15, 0.2) is 77.7 Å². The maximum Gasteiger partial charge on any atom is 0.501 e. The van der Waals surface area contributed by atoms with Crippen molar-refractivity contribution in [2.45, 2.75) is 22.9 Å². The van der Waals surface area contributed by atoms with Gasteiger partial charge in [-0.3, -0.25) is 9.59 Å². The number of halogens is 4. The Morgan fingerprint density at radius 3 is 2.29 bits per heavy atom. The van der Waals surface area contributed by atoms with Crippen molar-refractivity contribution in [3.63, 3.8) is 0 Å². The number of aromatic carboxylic acids is 1. The van der Waals surface area contributed by atoms with Crippen LogP contribution in [0, 0.1) is 23.6 Å². The largest absolute Gasteiger partial charge is 0.501 e. The molecule has 4 atom stereocenters. The molecule has 1 saturated carbocycles. The van der Waals surface area contributed by atoms with E-state index in [1.807, 2.05) is 6.08 Å². The number of carboxylic acids is 1. The highest BCUT2D eigenvalue weighted by Crippen LogP contribution is 2.45. The van der Waals surface area contributed by atoms with Crippen LogP contribution in [0.3, 0.4) is 0 Å². The van der Waals surface area contributed by atoms with Gasteiger partial charge in [-0.1, -0.05) is 18.2 Å². The summed E-state index contributed by atoms with van der Waals surface area (Å²) < 4.78 is 88.4. The molecule has 0 spiro atoms. The van der Waals surface area contributed by atoms with Gasteiger partial charge in [0.1, 0.15) is 11.5 Å². The van der Waals surface area contributed by atoms with E-state index in [1.54, 1.807) is 6.08 Å². The number of methoxy groups -OCH3 is 1. The Morgan fingerprint density at radius 1 is 0.956 bits per heavy atom. The Kier molecular flexibility index (Phi) is 8.31. The number of hydrogen-bond donors (Lipinski definition) is 3. The average Bonchev–Trinajstić information content (AvgIpc) is 3.60. The van der Waals surface area contributed by atoms with Crippen molar-refractivity contribution in [2.24, 2.45) is 17.8 Å². The number of benzene rings is 3. The van der Waals surface area contributed by atoms with Crippen LogP contribution >= 0.6 is 0 Å². The first-order valence-electron chi connectivity index (χ1n) is 13.3. The van der Waals surface area contributed by atoms with E-state index in [0.29, 0.717) is 12.5 Å². The molecule has 10 nitrogen and oxygen atoms in total. The molecule has 2 aliphatic carbocycles. The van der Waals surface area contributed by atoms with E-state index in [2.05, 4.69) is 10.6 Å². The van der Waals surface area contributed by atoms with Crippen LogP contribution in [0.1, 0.15) is 27.1 Å². The number of nitrogens with one attached hydrogen (secondary N) is 2. The van der Waals surface area contributed by atoms with E-state index >= 15 is 0 Å². The molecular weight excluding hydrogens is 624 g/mol. The second kappa shape index (κ2) is 11.9. The number of alkyl halides is 3. The van der Waals surface area contributed by atoms with Gasteiger partial charge in [-0.2, -0.15) is 13.2 Å². The van der Waals surface area contributed by atoms with Gasteiger partial charge in [-0.15, -0.1) is 0 Å². The van der Waals surface area contributed by atoms with E-state index in [-0.39, 0.29) is 45.9 Å². The molecule has 3 aromatic rings. The summed E-state index contributed by atoms with van der Waals surface area (Å²) in [6.45, 7) is 0. The summed E-state index contributed by atoms with van der Waals surface area (Å²) in [5.41, 5.74) is -5.86. The molecule has 0 radical (unpaired) electrons. The SMILES string of the molecule is COc1cc(F)c(Oc2ccc(C(=O)O)cc2)cc1C(=O)N[C@H]1C(C(=O)Nc2cccc(S(=O)(=O)C(F)(F)F)c2)[C@@H]2C=C[C@H]1C2. The molecule has 1 unspecified atom stereocenters. The molecule has 45 heavy (non-hydrogen) atoms. The fourth-order valence-corrected chi connectivity index (χ4v) is 6.27. The molecule has 2 bridgehead atoms. The lowest BCUT2D eigenvalue weighted by Crippen LogP contribution is -2.47. The number of carboxylic acid groups (broad SMARTS) is 1. The molecule has 3 N–H and O–H groups in total. The maximum absolute atomic E-state index is 14.9. The van der Waals surface area contributed by atoms with Crippen molar-refractivity contribution in [1.82, 2.24) is 5.32 Å². The summed E-state index contributed by atoms with van der Waals surface area (Å²) in [6.07, 6.45) is 4.11. The Morgan fingerprint density at radius 2 is 1.64 bits per heavy atom. The summed E-state index contributed by atoms with van der Waals surface area (Å²) in [7, 11) is -4.43. The molecule has 1 fully saturated rings. The highest BCUT2D eigenvalue weighted by molar-refractivity contribution is 7.92. The molecular formula is C30H24F4N2O8S. The smallest absolute Gasteiger partial charge is 0.496 e. The van der Waals surface area contributed by atoms with Crippen molar-refractivity contribution in [3.05, 3.63) is 89.8 Å². The normalized spacial score (nSPS) is 20.5. The number of carbonyl (C=O) groups is 3. The Balaban J connectivity index is 1.36. The van der Waals surface area contributed by atoms with Gasteiger partial charge in [-0.05, 0) is 60.7 Å². The first kappa shape index (κ1) is 31.5. The van der Waals surface area contributed by atoms with Gasteiger partial charge in [0, 0.05) is 23.9 Å². The number of sulfone groups is 1. The second-order valence-electron chi connectivity index (χ2n) is 10.4. The Hall–Kier alpha value is -4.92. The lowest BCUT2D eigenvalue weighted by atomic mass is 9.87. The summed E-state index contributed by atoms with van der Waals surface area (Å²) in [5, 5.41) is 14.3. The van der Waals surface area contributed by atoms with Crippen LogP contribution in [0.25, 0.3) is 0 Å². The predicted molar refractivity (Wildman–Crippen MR) is 150 cm³/mol. The molecule has 236 valence electrons. The number of anilines is 1. The summed E-state index contributed by atoms with van der Waals surface area (Å²) in [4.78, 5) is 36.9. The minimum absolute atomic E-state index is 0.0184. The summed E-state index contributed by atoms with van der Waals surface area (Å²) in [5.74, 6) is -5.31. The van der Waals surface area contributed by atoms with Crippen LogP contribution < -0.4 is 20.1 Å². The molecule has 2 aliphatic rings. The third-order valence-electron chi connectivity index (χ3n) is 7.60. The zero-order chi connectivity index (χ0) is 32.7. The minimum Gasteiger partial charge on any atom is -0.496 e. The van der Waals surface area contributed by atoms with Crippen molar-refractivity contribution in [3.8, 4) is 17.2 Å². The average molecular weight is 649 g/mol. The fourth-order valence-electron chi connectivity index (χ4n) is 5.46. The number of allylic oxidation sites excluding steroid dienone is 1. The van der Waals surface area contributed by atoms with Crippen LogP contribution in [-0.2, 0) is 14.6 Å². The maximum atomic E-state index is 14.9. The van der Waals surface area contributed by atoms with Gasteiger partial charge in [0.05, 0.1) is 29.1 Å². The Bertz CT molecular complexity index is 1810. The first-order valence-corrected chi connectivity index (χ1v) is 14.8. The topological polar surface area (TPSA) is 148 Å². The zero-order valence-electron chi connectivity index (χ0n) is 23.2. The number of fused-ring (bicyclic) bond motifs is 2. The number of rotatable bonds is 9. The van der Waals surface area contributed by atoms with Crippen LogP contribution in [-0.4, -0.2) is 50.0 Å². The highest BCUT2D eigenvalue weighted by Gasteiger charge is 2.49. The van der Waals surface area contributed by atoms with E-state index in [9.17, 15) is 40.4 Å². The molecule has 15 heteroatoms. The number of ether oxygens (including phenoxy) is 2. The van der Waals surface area contributed by atoms with Crippen molar-refractivity contribution < 1.29 is 54.9 Å². The zero-order valence-corrected chi connectivity index (χ0v) is 24.0. The number of amides is 2. The van der Waals surface area contributed by atoms with Gasteiger partial charge in [0.25, 0.3) is 15.7 Å². The molecule has 5 rings (SSSR count). The standard InChI is InChI=1S/C30H24F4N2O8S/c1-43-23-14-22(31)24(44-19-9-7-15(8-10-19)29(39)40)13-21(23)27(37)36-26-17-6-5-16(11-17)25(26)28(38)35-18-3-2-4-20(12-18)45(41,42)30(32,33)34/h2-10,12-14,16-17,25-26H,11H2,1H3,(H,35,38)(H,36,37)(H,39,40)/t16-,17+,25?,26-/m1/s1. The van der Waals surface area contributed by atoms with E-state index in [0.717, 1.165) is 24.3 Å². The van der Waals surface area contributed by atoms with Crippen LogP contribution in [0.2, 0.25) is 0 Å². The van der Waals surface area contributed by atoms with Crippen molar-refractivity contribution in [1.29, 1.82) is 0 Å². The minimum atomic E-state index is -5.65. The monoisotopic (exact) mass is 648 g/mol. The molecule has 0 heterocycles. The molecule has 0 aromatic heterocycles. The number of hydrogen-bond acceptors (Lipinski definition) is 7. The lowest BCUT2D eigenvalue weighted by molar-refractivity contribution is -0.121. The lowest BCUT2D eigenvalue weighted by Gasteiger charge is -2.28. The third-order valence-corrected chi connectivity index (χ3v) is 9.09. The molecule has 0 saturated heterocycles. The third kappa shape index (κ3) is 6.20. The summed E-state index contributed by atoms with van der Waals surface area (Å²) >= 11 is 0. The van der Waals surface area contributed by atoms with Crippen LogP contribution in [0.4, 0.5) is 23.2 Å². The van der Waals surface area contributed by atoms with Gasteiger partial charge < -0.3 is 25.2 Å². The van der Waals surface area contributed by atoms with Gasteiger partial charge in [0.2, 0.25) is 5.91 Å². The van der Waals surface area contributed by atoms with Crippen LogP contribution in [0.5, 0.6) is 17.2 Å². The molecule has 0 aliphatic heterocycles. The van der Waals surface area contributed by atoms with Crippen molar-refractivity contribution in [2.75, 3.05) is 12.4 Å². The second-order valence-corrected chi connectivity index (χ2v) is 12.3. The van der Waals surface area contributed by atoms with Crippen molar-refractivity contribution >= 4 is 33.3 Å². The molecule has 3 aromatic carbocycles. The number of carbonyl (C=O) groups excluding carboxylic acids is 2. The van der Waals surface area contributed by atoms with E-state index in [1.165, 1.54) is 37.4 Å². The highest BCUT2D eigenvalue weighted by atomic mass is 32.2. The summed E-state index contributed by atoms with van der Waals surface area (Å²) in [6, 6.07) is 10.2. The molecule has 2 amide bonds. The first-order chi connectivity index (χ1) is 21.2. The Labute approximate surface area is 253 Å². The predicted octanol–water partition coefficient (Wildman–Crippen LogP) is 5.18. The van der Waals surface area contributed by atoms with Gasteiger partial charge in [-0.25, -0.2) is 17.6 Å². The quantitative estimate of drug-likeness (QED) is 0.213. The van der Waals surface area contributed by atoms with Gasteiger partial charge >= 0.3 is 11.5 Å².